The van der Waals surface area contributed by atoms with Gasteiger partial charge < -0.3 is 5.73 Å². The van der Waals surface area contributed by atoms with Crippen molar-refractivity contribution in [2.24, 2.45) is 5.73 Å². The van der Waals surface area contributed by atoms with Crippen LogP contribution < -0.4 is 5.73 Å². The average Bonchev–Trinajstić information content (AvgIpc) is 1.88. The second kappa shape index (κ2) is 4.99. The van der Waals surface area contributed by atoms with Crippen LogP contribution in [0.25, 0.3) is 0 Å². The summed E-state index contributed by atoms with van der Waals surface area (Å²) in [6, 6.07) is 5.63. The van der Waals surface area contributed by atoms with Crippen molar-refractivity contribution in [3.05, 3.63) is 33.3 Å². The van der Waals surface area contributed by atoms with Crippen molar-refractivity contribution < 1.29 is 0 Å². The van der Waals surface area contributed by atoms with Crippen LogP contribution in [0.2, 0.25) is 5.02 Å². The standard InChI is InChI=1S/C7H7BrClN.ClH/c8-6-2-1-3-7(9)5(6)4-10;/h1-3H,4,10H2;1H. The van der Waals surface area contributed by atoms with E-state index in [-0.39, 0.29) is 12.4 Å². The lowest BCUT2D eigenvalue weighted by molar-refractivity contribution is 1.06. The van der Waals surface area contributed by atoms with Gasteiger partial charge in [-0.25, -0.2) is 0 Å². The number of hydrogen-bond donors (Lipinski definition) is 1. The first-order valence-corrected chi connectivity index (χ1v) is 4.05. The molecule has 0 amide bonds. The molecule has 4 heteroatoms. The van der Waals surface area contributed by atoms with E-state index < -0.39 is 0 Å². The van der Waals surface area contributed by atoms with Crippen LogP contribution in [-0.4, -0.2) is 0 Å². The van der Waals surface area contributed by atoms with E-state index in [1.54, 1.807) is 0 Å². The minimum Gasteiger partial charge on any atom is -0.326 e. The molecule has 1 rings (SSSR count). The number of halogens is 3. The molecule has 1 aromatic carbocycles. The Bertz CT molecular complexity index is 220. The van der Waals surface area contributed by atoms with Gasteiger partial charge in [-0.05, 0) is 17.7 Å². The van der Waals surface area contributed by atoms with Gasteiger partial charge >= 0.3 is 0 Å². The first kappa shape index (κ1) is 11.2. The summed E-state index contributed by atoms with van der Waals surface area (Å²) in [6.07, 6.45) is 0. The van der Waals surface area contributed by atoms with E-state index in [4.69, 9.17) is 17.3 Å². The summed E-state index contributed by atoms with van der Waals surface area (Å²) in [7, 11) is 0. The molecule has 0 aromatic heterocycles. The summed E-state index contributed by atoms with van der Waals surface area (Å²) in [4.78, 5) is 0. The van der Waals surface area contributed by atoms with Crippen LogP contribution in [0.5, 0.6) is 0 Å². The van der Waals surface area contributed by atoms with E-state index in [1.165, 1.54) is 0 Å². The van der Waals surface area contributed by atoms with E-state index in [9.17, 15) is 0 Å². The van der Waals surface area contributed by atoms with Crippen molar-refractivity contribution in [3.63, 3.8) is 0 Å². The van der Waals surface area contributed by atoms with Crippen molar-refractivity contribution in [2.45, 2.75) is 6.54 Å². The fraction of sp³-hybridized carbons (Fsp3) is 0.143. The molecule has 1 nitrogen and oxygen atoms in total. The largest absolute Gasteiger partial charge is 0.326 e. The highest BCUT2D eigenvalue weighted by atomic mass is 79.9. The summed E-state index contributed by atoms with van der Waals surface area (Å²) in [6.45, 7) is 0.472. The molecular formula is C7H8BrCl2N. The lowest BCUT2D eigenvalue weighted by Gasteiger charge is -2.01. The Balaban J connectivity index is 0.000001000. The van der Waals surface area contributed by atoms with Gasteiger partial charge in [-0.2, -0.15) is 0 Å². The summed E-state index contributed by atoms with van der Waals surface area (Å²) >= 11 is 9.16. The highest BCUT2D eigenvalue weighted by molar-refractivity contribution is 9.10. The zero-order valence-corrected chi connectivity index (χ0v) is 8.84. The van der Waals surface area contributed by atoms with Crippen LogP contribution in [0.15, 0.2) is 22.7 Å². The molecule has 0 spiro atoms. The van der Waals surface area contributed by atoms with Gasteiger partial charge in [0.25, 0.3) is 0 Å². The fourth-order valence-corrected chi connectivity index (χ4v) is 1.62. The Kier molecular flexibility index (Phi) is 5.10. The first-order chi connectivity index (χ1) is 4.75. The predicted octanol–water partition coefficient (Wildman–Crippen LogP) is 2.98. The van der Waals surface area contributed by atoms with Crippen LogP contribution in [-0.2, 0) is 6.54 Å². The van der Waals surface area contributed by atoms with Crippen LogP contribution in [0, 0.1) is 0 Å². The quantitative estimate of drug-likeness (QED) is 0.822. The number of benzene rings is 1. The van der Waals surface area contributed by atoms with Crippen molar-refractivity contribution in [1.29, 1.82) is 0 Å². The van der Waals surface area contributed by atoms with E-state index in [2.05, 4.69) is 15.9 Å². The number of hydrogen-bond acceptors (Lipinski definition) is 1. The molecule has 0 saturated heterocycles. The summed E-state index contributed by atoms with van der Waals surface area (Å²) in [5.74, 6) is 0. The Morgan fingerprint density at radius 2 is 2.09 bits per heavy atom. The molecule has 62 valence electrons. The van der Waals surface area contributed by atoms with Crippen LogP contribution in [0.1, 0.15) is 5.56 Å². The third kappa shape index (κ3) is 2.64. The molecule has 2 N–H and O–H groups in total. The maximum atomic E-state index is 5.82. The Labute approximate surface area is 85.5 Å². The summed E-state index contributed by atoms with van der Waals surface area (Å²) in [5.41, 5.74) is 6.40. The topological polar surface area (TPSA) is 26.0 Å². The van der Waals surface area contributed by atoms with Crippen molar-refractivity contribution in [2.75, 3.05) is 0 Å². The Morgan fingerprint density at radius 1 is 1.45 bits per heavy atom. The molecule has 0 unspecified atom stereocenters. The van der Waals surface area contributed by atoms with Gasteiger partial charge in [0.05, 0.1) is 0 Å². The van der Waals surface area contributed by atoms with Gasteiger partial charge in [0.1, 0.15) is 0 Å². The van der Waals surface area contributed by atoms with Gasteiger partial charge in [0.2, 0.25) is 0 Å². The second-order valence-corrected chi connectivity index (χ2v) is 3.17. The maximum Gasteiger partial charge on any atom is 0.0462 e. The minimum atomic E-state index is 0. The fourth-order valence-electron chi connectivity index (χ4n) is 0.727. The minimum absolute atomic E-state index is 0. The van der Waals surface area contributed by atoms with Crippen molar-refractivity contribution in [3.8, 4) is 0 Å². The van der Waals surface area contributed by atoms with Gasteiger partial charge in [0, 0.05) is 16.0 Å². The lowest BCUT2D eigenvalue weighted by atomic mass is 10.2. The normalized spacial score (nSPS) is 9.00. The average molecular weight is 257 g/mol. The third-order valence-corrected chi connectivity index (χ3v) is 2.36. The molecule has 1 aromatic rings. The zero-order chi connectivity index (χ0) is 7.56. The van der Waals surface area contributed by atoms with E-state index in [1.807, 2.05) is 18.2 Å². The van der Waals surface area contributed by atoms with E-state index >= 15 is 0 Å². The monoisotopic (exact) mass is 255 g/mol. The summed E-state index contributed by atoms with van der Waals surface area (Å²) in [5, 5.41) is 0.719. The zero-order valence-electron chi connectivity index (χ0n) is 5.68. The van der Waals surface area contributed by atoms with Gasteiger partial charge in [-0.3, -0.25) is 0 Å². The van der Waals surface area contributed by atoms with E-state index in [0.29, 0.717) is 6.54 Å². The smallest absolute Gasteiger partial charge is 0.0462 e. The molecule has 11 heavy (non-hydrogen) atoms. The highest BCUT2D eigenvalue weighted by Gasteiger charge is 2.00. The van der Waals surface area contributed by atoms with Crippen molar-refractivity contribution >= 4 is 39.9 Å². The molecular weight excluding hydrogens is 249 g/mol. The second-order valence-electron chi connectivity index (χ2n) is 1.90. The van der Waals surface area contributed by atoms with E-state index in [0.717, 1.165) is 15.1 Å². The Hall–Kier alpha value is 0.240. The van der Waals surface area contributed by atoms with Crippen LogP contribution in [0.3, 0.4) is 0 Å². The number of rotatable bonds is 1. The maximum absolute atomic E-state index is 5.82. The van der Waals surface area contributed by atoms with Crippen LogP contribution in [0.4, 0.5) is 0 Å². The lowest BCUT2D eigenvalue weighted by Crippen LogP contribution is -1.97. The van der Waals surface area contributed by atoms with Gasteiger partial charge in [-0.1, -0.05) is 33.6 Å². The molecule has 0 aliphatic rings. The highest BCUT2D eigenvalue weighted by Crippen LogP contribution is 2.23. The third-order valence-electron chi connectivity index (χ3n) is 1.27. The van der Waals surface area contributed by atoms with Crippen LogP contribution >= 0.6 is 39.9 Å². The SMILES string of the molecule is Cl.NCc1c(Cl)cccc1Br. The van der Waals surface area contributed by atoms with Crippen molar-refractivity contribution in [1.82, 2.24) is 0 Å². The Morgan fingerprint density at radius 3 is 2.45 bits per heavy atom. The number of nitrogens with two attached hydrogens (primary N) is 1. The molecule has 0 fully saturated rings. The molecule has 0 bridgehead atoms. The molecule has 0 radical (unpaired) electrons. The first-order valence-electron chi connectivity index (χ1n) is 2.88. The molecule has 0 aliphatic heterocycles. The molecule has 0 saturated carbocycles. The predicted molar refractivity (Wildman–Crippen MR) is 54.3 cm³/mol. The molecule has 0 aliphatic carbocycles. The summed E-state index contributed by atoms with van der Waals surface area (Å²) < 4.78 is 0.975. The van der Waals surface area contributed by atoms with Gasteiger partial charge in [-0.15, -0.1) is 12.4 Å². The molecule has 0 atom stereocenters. The van der Waals surface area contributed by atoms with Gasteiger partial charge in [0.15, 0.2) is 0 Å². The molecule has 0 heterocycles.